The van der Waals surface area contributed by atoms with Gasteiger partial charge >= 0.3 is 11.8 Å². The number of nitro groups is 1. The van der Waals surface area contributed by atoms with Crippen molar-refractivity contribution in [3.05, 3.63) is 28.6 Å². The van der Waals surface area contributed by atoms with E-state index in [9.17, 15) is 14.9 Å². The van der Waals surface area contributed by atoms with Crippen molar-refractivity contribution < 1.29 is 23.9 Å². The van der Waals surface area contributed by atoms with E-state index in [1.165, 1.54) is 25.6 Å². The summed E-state index contributed by atoms with van der Waals surface area (Å²) in [5.41, 5.74) is -0.384. The second kappa shape index (κ2) is 8.02. The second-order valence-electron chi connectivity index (χ2n) is 6.84. The molecular weight excluding hydrogens is 356 g/mol. The van der Waals surface area contributed by atoms with Crippen LogP contribution in [-0.4, -0.2) is 46.3 Å². The van der Waals surface area contributed by atoms with E-state index in [4.69, 9.17) is 14.2 Å². The SMILES string of the molecule is COc1cc2ncnc(OCC(C)NC(=O)OC(C)(C)C)c2cc1[N+](=O)[O-]. The molecule has 0 saturated heterocycles. The van der Waals surface area contributed by atoms with Crippen LogP contribution in [0.3, 0.4) is 0 Å². The summed E-state index contributed by atoms with van der Waals surface area (Å²) in [6.45, 7) is 7.12. The molecule has 0 aliphatic rings. The molecule has 10 nitrogen and oxygen atoms in total. The van der Waals surface area contributed by atoms with E-state index in [1.54, 1.807) is 27.7 Å². The minimum absolute atomic E-state index is 0.0885. The van der Waals surface area contributed by atoms with Gasteiger partial charge in [0, 0.05) is 12.1 Å². The summed E-state index contributed by atoms with van der Waals surface area (Å²) in [7, 11) is 1.34. The van der Waals surface area contributed by atoms with E-state index in [-0.39, 0.29) is 30.0 Å². The molecule has 1 unspecified atom stereocenters. The maximum Gasteiger partial charge on any atom is 0.407 e. The van der Waals surface area contributed by atoms with Crippen molar-refractivity contribution in [3.8, 4) is 11.6 Å². The smallest absolute Gasteiger partial charge is 0.407 e. The van der Waals surface area contributed by atoms with Gasteiger partial charge in [-0.1, -0.05) is 0 Å². The minimum Gasteiger partial charge on any atom is -0.490 e. The fourth-order valence-electron chi connectivity index (χ4n) is 2.22. The molecule has 27 heavy (non-hydrogen) atoms. The first-order valence-corrected chi connectivity index (χ1v) is 8.20. The normalized spacial score (nSPS) is 12.3. The zero-order valence-corrected chi connectivity index (χ0v) is 15.8. The Hall–Kier alpha value is -3.17. The van der Waals surface area contributed by atoms with Crippen LogP contribution < -0.4 is 14.8 Å². The molecule has 0 fully saturated rings. The number of methoxy groups -OCH3 is 1. The Bertz CT molecular complexity index is 849. The number of nitro benzene ring substituents is 1. The van der Waals surface area contributed by atoms with Crippen LogP contribution >= 0.6 is 0 Å². The number of aromatic nitrogens is 2. The van der Waals surface area contributed by atoms with Gasteiger partial charge in [0.25, 0.3) is 0 Å². The molecule has 146 valence electrons. The third kappa shape index (κ3) is 5.40. The van der Waals surface area contributed by atoms with Gasteiger partial charge in [0.2, 0.25) is 5.88 Å². The topological polar surface area (TPSA) is 126 Å². The molecule has 0 saturated carbocycles. The largest absolute Gasteiger partial charge is 0.490 e. The first kappa shape index (κ1) is 20.1. The second-order valence-corrected chi connectivity index (χ2v) is 6.84. The number of carbonyl (C=O) groups excluding carboxylic acids is 1. The molecule has 2 rings (SSSR count). The molecule has 1 amide bonds. The molecule has 0 aliphatic carbocycles. The maximum absolute atomic E-state index is 11.8. The predicted molar refractivity (Wildman–Crippen MR) is 97.1 cm³/mol. The number of hydrogen-bond acceptors (Lipinski definition) is 8. The van der Waals surface area contributed by atoms with Crippen molar-refractivity contribution in [3.63, 3.8) is 0 Å². The van der Waals surface area contributed by atoms with E-state index < -0.39 is 16.6 Å². The minimum atomic E-state index is -0.606. The van der Waals surface area contributed by atoms with Gasteiger partial charge in [0.15, 0.2) is 5.75 Å². The zero-order valence-electron chi connectivity index (χ0n) is 15.8. The average Bonchev–Trinajstić information content (AvgIpc) is 2.56. The molecule has 1 atom stereocenters. The molecule has 10 heteroatoms. The lowest BCUT2D eigenvalue weighted by molar-refractivity contribution is -0.385. The van der Waals surface area contributed by atoms with E-state index in [2.05, 4.69) is 15.3 Å². The number of alkyl carbamates (subject to hydrolysis) is 1. The molecule has 2 aromatic rings. The van der Waals surface area contributed by atoms with Crippen LogP contribution in [0.2, 0.25) is 0 Å². The van der Waals surface area contributed by atoms with Gasteiger partial charge < -0.3 is 19.5 Å². The molecule has 1 aromatic heterocycles. The fourth-order valence-corrected chi connectivity index (χ4v) is 2.22. The molecule has 1 aromatic carbocycles. The van der Waals surface area contributed by atoms with Gasteiger partial charge in [-0.15, -0.1) is 0 Å². The predicted octanol–water partition coefficient (Wildman–Crippen LogP) is 2.84. The Morgan fingerprint density at radius 3 is 2.63 bits per heavy atom. The molecule has 0 radical (unpaired) electrons. The van der Waals surface area contributed by atoms with Crippen LogP contribution in [0, 0.1) is 10.1 Å². The number of rotatable bonds is 6. The Balaban J connectivity index is 2.15. The number of nitrogens with one attached hydrogen (secondary N) is 1. The highest BCUT2D eigenvalue weighted by molar-refractivity contribution is 5.87. The van der Waals surface area contributed by atoms with Gasteiger partial charge in [-0.3, -0.25) is 10.1 Å². The number of carbonyl (C=O) groups is 1. The highest BCUT2D eigenvalue weighted by Crippen LogP contribution is 2.34. The summed E-state index contributed by atoms with van der Waals surface area (Å²) in [5.74, 6) is 0.265. The van der Waals surface area contributed by atoms with E-state index in [0.717, 1.165) is 0 Å². The summed E-state index contributed by atoms with van der Waals surface area (Å²) in [4.78, 5) is 30.6. The summed E-state index contributed by atoms with van der Waals surface area (Å²) < 4.78 is 15.8. The van der Waals surface area contributed by atoms with Crippen LogP contribution in [0.5, 0.6) is 11.6 Å². The van der Waals surface area contributed by atoms with Gasteiger partial charge in [-0.25, -0.2) is 14.8 Å². The fraction of sp³-hybridized carbons (Fsp3) is 0.471. The lowest BCUT2D eigenvalue weighted by atomic mass is 10.2. The molecular formula is C17H22N4O6. The Kier molecular flexibility index (Phi) is 5.98. The molecule has 1 N–H and O–H groups in total. The standard InChI is InChI=1S/C17H22N4O6/c1-10(20-16(22)27-17(2,3)4)8-26-15-11-6-13(21(23)24)14(25-5)7-12(11)18-9-19-15/h6-7,9-10H,8H2,1-5H3,(H,20,22). The van der Waals surface area contributed by atoms with E-state index in [0.29, 0.717) is 10.9 Å². The van der Waals surface area contributed by atoms with Crippen LogP contribution in [-0.2, 0) is 4.74 Å². The van der Waals surface area contributed by atoms with Gasteiger partial charge in [-0.2, -0.15) is 0 Å². The van der Waals surface area contributed by atoms with Crippen molar-refractivity contribution >= 4 is 22.7 Å². The quantitative estimate of drug-likeness (QED) is 0.601. The van der Waals surface area contributed by atoms with Crippen molar-refractivity contribution in [1.82, 2.24) is 15.3 Å². The van der Waals surface area contributed by atoms with Crippen LogP contribution in [0.4, 0.5) is 10.5 Å². The summed E-state index contributed by atoms with van der Waals surface area (Å²) in [5, 5.41) is 14.2. The number of hydrogen-bond donors (Lipinski definition) is 1. The van der Waals surface area contributed by atoms with E-state index >= 15 is 0 Å². The summed E-state index contributed by atoms with van der Waals surface area (Å²) in [6.07, 6.45) is 0.723. The number of fused-ring (bicyclic) bond motifs is 1. The van der Waals surface area contributed by atoms with Crippen LogP contribution in [0.15, 0.2) is 18.5 Å². The Morgan fingerprint density at radius 2 is 2.04 bits per heavy atom. The first-order chi connectivity index (χ1) is 12.6. The Labute approximate surface area is 156 Å². The number of ether oxygens (including phenoxy) is 3. The highest BCUT2D eigenvalue weighted by Gasteiger charge is 2.20. The average molecular weight is 378 g/mol. The van der Waals surface area contributed by atoms with Gasteiger partial charge in [0.05, 0.1) is 29.0 Å². The van der Waals surface area contributed by atoms with Crippen molar-refractivity contribution in [1.29, 1.82) is 0 Å². The van der Waals surface area contributed by atoms with E-state index in [1.807, 2.05) is 0 Å². The van der Waals surface area contributed by atoms with Crippen molar-refractivity contribution in [2.45, 2.75) is 39.3 Å². The Morgan fingerprint density at radius 1 is 1.33 bits per heavy atom. The first-order valence-electron chi connectivity index (χ1n) is 8.20. The maximum atomic E-state index is 11.8. The van der Waals surface area contributed by atoms with Crippen LogP contribution in [0.25, 0.3) is 10.9 Å². The highest BCUT2D eigenvalue weighted by atomic mass is 16.6. The van der Waals surface area contributed by atoms with Crippen molar-refractivity contribution in [2.75, 3.05) is 13.7 Å². The number of amides is 1. The lowest BCUT2D eigenvalue weighted by Gasteiger charge is -2.22. The monoisotopic (exact) mass is 378 g/mol. The molecule has 0 spiro atoms. The lowest BCUT2D eigenvalue weighted by Crippen LogP contribution is -2.40. The summed E-state index contributed by atoms with van der Waals surface area (Å²) in [6, 6.07) is 2.37. The van der Waals surface area contributed by atoms with Crippen molar-refractivity contribution in [2.24, 2.45) is 0 Å². The molecule has 0 bridgehead atoms. The number of benzene rings is 1. The van der Waals surface area contributed by atoms with Crippen LogP contribution in [0.1, 0.15) is 27.7 Å². The summed E-state index contributed by atoms with van der Waals surface area (Å²) >= 11 is 0. The van der Waals surface area contributed by atoms with Gasteiger partial charge in [0.1, 0.15) is 18.5 Å². The molecule has 0 aliphatic heterocycles. The zero-order chi connectivity index (χ0) is 20.2. The number of nitrogens with zero attached hydrogens (tertiary/aromatic N) is 3. The third-order valence-corrected chi connectivity index (χ3v) is 3.33. The third-order valence-electron chi connectivity index (χ3n) is 3.33. The molecule has 1 heterocycles. The van der Waals surface area contributed by atoms with Gasteiger partial charge in [-0.05, 0) is 27.7 Å².